The molecule has 0 radical (unpaired) electrons. The molecule has 0 saturated carbocycles. The largest absolute Gasteiger partial charge is 0.502 e. The van der Waals surface area contributed by atoms with Crippen LogP contribution in [-0.4, -0.2) is 147 Å². The van der Waals surface area contributed by atoms with E-state index in [2.05, 4.69) is 31.2 Å². The normalized spacial score (nSPS) is 24.7. The van der Waals surface area contributed by atoms with E-state index in [1.165, 1.54) is 32.0 Å². The molecule has 0 bridgehead atoms. The smallest absolute Gasteiger partial charge is 0.310 e. The van der Waals surface area contributed by atoms with Gasteiger partial charge in [0.2, 0.25) is 41.4 Å². The number of allylic oxidation sites excluding steroid dienone is 1. The molecule has 21 heteroatoms. The first-order chi connectivity index (χ1) is 35.3. The molecule has 410 valence electrons. The van der Waals surface area contributed by atoms with Crippen LogP contribution in [0.25, 0.3) is 10.9 Å². The van der Waals surface area contributed by atoms with Crippen molar-refractivity contribution < 1.29 is 53.4 Å². The maximum Gasteiger partial charge on any atom is 0.310 e. The van der Waals surface area contributed by atoms with Crippen LogP contribution in [0.4, 0.5) is 5.69 Å². The van der Waals surface area contributed by atoms with Crippen LogP contribution >= 0.6 is 0 Å². The van der Waals surface area contributed by atoms with Crippen LogP contribution in [0.5, 0.6) is 5.75 Å². The third-order valence-corrected chi connectivity index (χ3v) is 14.1. The topological polar surface area (TPSA) is 287 Å². The fourth-order valence-corrected chi connectivity index (χ4v) is 9.51. The lowest BCUT2D eigenvalue weighted by molar-refractivity contribution is -0.385. The monoisotopic (exact) mass is 1040 g/mol. The zero-order chi connectivity index (χ0) is 55.6. The lowest BCUT2D eigenvalue weighted by atomic mass is 9.98. The summed E-state index contributed by atoms with van der Waals surface area (Å²) in [6.45, 7) is 16.5. The van der Waals surface area contributed by atoms with Gasteiger partial charge >= 0.3 is 5.69 Å². The molecule has 75 heavy (non-hydrogen) atoms. The minimum atomic E-state index is -1.54. The number of fused-ring (bicyclic) bond motifs is 1. The van der Waals surface area contributed by atoms with Gasteiger partial charge in [-0.2, -0.15) is 0 Å². The second kappa shape index (κ2) is 25.6. The Kier molecular flexibility index (Phi) is 20.1. The number of ether oxygens (including phenoxy) is 1. The van der Waals surface area contributed by atoms with Crippen LogP contribution in [0.15, 0.2) is 60.8 Å². The lowest BCUT2D eigenvalue weighted by Gasteiger charge is -2.33. The van der Waals surface area contributed by atoms with E-state index in [0.29, 0.717) is 12.2 Å². The van der Waals surface area contributed by atoms with E-state index >= 15 is 4.79 Å². The van der Waals surface area contributed by atoms with Crippen LogP contribution < -0.4 is 26.6 Å². The third kappa shape index (κ3) is 14.9. The van der Waals surface area contributed by atoms with Gasteiger partial charge in [0.25, 0.3) is 0 Å². The van der Waals surface area contributed by atoms with Crippen molar-refractivity contribution in [2.24, 2.45) is 17.8 Å². The number of likely N-dealkylation sites (N-methyl/N-ethyl adjacent to an activating group) is 2. The van der Waals surface area contributed by atoms with E-state index in [-0.39, 0.29) is 68.6 Å². The Labute approximate surface area is 438 Å². The number of hydrogen-bond donors (Lipinski definition) is 7. The van der Waals surface area contributed by atoms with E-state index in [1.807, 2.05) is 72.0 Å². The first-order valence-electron chi connectivity index (χ1n) is 25.7. The number of phenols is 1. The summed E-state index contributed by atoms with van der Waals surface area (Å²) < 4.78 is 7.83. The average Bonchev–Trinajstić information content (AvgIpc) is 4.16. The molecule has 0 aliphatic carbocycles. The van der Waals surface area contributed by atoms with Crippen molar-refractivity contribution in [2.75, 3.05) is 27.3 Å². The summed E-state index contributed by atoms with van der Waals surface area (Å²) in [5.74, 6) is -6.84. The van der Waals surface area contributed by atoms with Gasteiger partial charge in [-0.3, -0.25) is 43.7 Å². The van der Waals surface area contributed by atoms with Gasteiger partial charge < -0.3 is 55.9 Å². The Balaban J connectivity index is 1.69. The molecule has 2 aromatic carbocycles. The second-order valence-electron chi connectivity index (χ2n) is 21.5. The van der Waals surface area contributed by atoms with Crippen LogP contribution in [0.1, 0.15) is 99.1 Å². The van der Waals surface area contributed by atoms with Gasteiger partial charge in [-0.25, -0.2) is 0 Å². The van der Waals surface area contributed by atoms with Crippen LogP contribution in [0.2, 0.25) is 0 Å². The molecule has 2 aliphatic rings. The Morgan fingerprint density at radius 1 is 0.760 bits per heavy atom. The zero-order valence-electron chi connectivity index (χ0n) is 45.0. The average molecular weight is 1040 g/mol. The molecule has 7 amide bonds. The Morgan fingerprint density at radius 2 is 1.32 bits per heavy atom. The number of rotatable bonds is 16. The van der Waals surface area contributed by atoms with Gasteiger partial charge in [0, 0.05) is 56.7 Å². The highest BCUT2D eigenvalue weighted by atomic mass is 16.6. The SMILES string of the molecule is C/C=C/C[C@@H]1NC(=O)[C@H](CC(C)C)NC(=O)[C@H](C[C@H](C)CO)N(C)C(=O)[C@H](C)NC(=O)[C@H](Cc2ccc(O)c([N+](=O)[O-])c2)NC(=O)[C@H](CC(C)C)N(C)C(=O)[C@H](Cc2cn(C(C)(C)[C@H]3CO3)c3ccccc23)NC1=O. The number of epoxide rings is 1. The maximum atomic E-state index is 15.3. The number of aromatic nitrogens is 1. The van der Waals surface area contributed by atoms with Gasteiger partial charge in [-0.05, 0) is 94.4 Å². The van der Waals surface area contributed by atoms with Crippen molar-refractivity contribution in [3.63, 3.8) is 0 Å². The number of para-hydroxylation sites is 1. The molecule has 2 aliphatic heterocycles. The number of carbonyl (C=O) groups excluding carboxylic acids is 7. The number of nitro benzene ring substituents is 1. The quantitative estimate of drug-likeness (QED) is 0.0471. The summed E-state index contributed by atoms with van der Waals surface area (Å²) in [5, 5.41) is 47.0. The third-order valence-electron chi connectivity index (χ3n) is 14.1. The van der Waals surface area contributed by atoms with Crippen LogP contribution in [0.3, 0.4) is 0 Å². The number of nitrogens with zero attached hydrogens (tertiary/aromatic N) is 4. The molecule has 2 saturated heterocycles. The van der Waals surface area contributed by atoms with Gasteiger partial charge in [-0.15, -0.1) is 0 Å². The molecule has 3 aromatic rings. The van der Waals surface area contributed by atoms with Crippen LogP contribution in [0, 0.1) is 27.9 Å². The Bertz CT molecular complexity index is 2610. The van der Waals surface area contributed by atoms with E-state index in [9.17, 15) is 49.1 Å². The second-order valence-corrected chi connectivity index (χ2v) is 21.5. The van der Waals surface area contributed by atoms with Gasteiger partial charge in [0.1, 0.15) is 48.4 Å². The predicted molar refractivity (Wildman–Crippen MR) is 281 cm³/mol. The molecule has 0 unspecified atom stereocenters. The van der Waals surface area contributed by atoms with Crippen molar-refractivity contribution in [3.8, 4) is 5.75 Å². The number of aliphatic hydroxyl groups is 1. The molecule has 2 fully saturated rings. The fourth-order valence-electron chi connectivity index (χ4n) is 9.51. The maximum absolute atomic E-state index is 15.3. The molecule has 7 N–H and O–H groups in total. The minimum absolute atomic E-state index is 0.0151. The highest BCUT2D eigenvalue weighted by Crippen LogP contribution is 2.36. The number of hydrogen-bond acceptors (Lipinski definition) is 12. The Morgan fingerprint density at radius 3 is 1.92 bits per heavy atom. The number of aromatic hydroxyl groups is 1. The molecule has 1 aromatic heterocycles. The zero-order valence-corrected chi connectivity index (χ0v) is 45.0. The first-order valence-corrected chi connectivity index (χ1v) is 25.7. The molecule has 9 atom stereocenters. The summed E-state index contributed by atoms with van der Waals surface area (Å²) in [7, 11) is 2.76. The highest BCUT2D eigenvalue weighted by molar-refractivity contribution is 5.99. The van der Waals surface area contributed by atoms with Crippen molar-refractivity contribution in [2.45, 2.75) is 155 Å². The van der Waals surface area contributed by atoms with Crippen molar-refractivity contribution >= 4 is 57.9 Å². The highest BCUT2D eigenvalue weighted by Gasteiger charge is 2.43. The van der Waals surface area contributed by atoms with Crippen molar-refractivity contribution in [3.05, 3.63) is 82.1 Å². The molecular weight excluding hydrogens is 967 g/mol. The number of phenolic OH excluding ortho intramolecular Hbond substituents is 1. The number of amides is 7. The Hall–Kier alpha value is -6.87. The number of carbonyl (C=O) groups is 7. The summed E-state index contributed by atoms with van der Waals surface area (Å²) >= 11 is 0. The predicted octanol–water partition coefficient (Wildman–Crippen LogP) is 3.36. The minimum Gasteiger partial charge on any atom is -0.502 e. The van der Waals surface area contributed by atoms with Crippen LogP contribution in [-0.2, 0) is 56.7 Å². The van der Waals surface area contributed by atoms with Gasteiger partial charge in [0.15, 0.2) is 5.75 Å². The first kappa shape index (κ1) is 59.0. The molecule has 3 heterocycles. The fraction of sp³-hybridized carbons (Fsp3) is 0.574. The molecular formula is C54H77N9O12. The van der Waals surface area contributed by atoms with E-state index < -0.39 is 111 Å². The summed E-state index contributed by atoms with van der Waals surface area (Å²) in [6, 6.07) is 1.81. The van der Waals surface area contributed by atoms with Crippen molar-refractivity contribution in [1.82, 2.24) is 41.0 Å². The summed E-state index contributed by atoms with van der Waals surface area (Å²) in [6.07, 6.45) is 4.89. The number of benzene rings is 2. The standard InChI is InChI=1S/C54H77N9O12/c1-12-13-17-37-47(66)59-40(26-35-27-62(54(8,9)46-29-75-46)41-18-15-14-16-36(35)41)53(72)61(11)43(22-31(4)5)50(69)58-39(24-34-19-20-45(65)42(25-34)63(73)74)48(67)55-33(7)52(71)60(10)44(23-32(6)28-64)51(70)57-38(21-30(2)3)49(68)56-37/h12-16,18-20,25,27,30-33,37-40,43-44,46,64-65H,17,21-24,26,28-29H2,1-11H3,(H,55,67)(H,56,68)(H,57,70)(H,58,69)(H,59,66)/b13-12+/t32-,33-,37-,38-,39-,40-,43-,44-,46+/m0/s1. The van der Waals surface area contributed by atoms with E-state index in [4.69, 9.17) is 4.74 Å². The number of aliphatic hydroxyl groups excluding tert-OH is 1. The van der Waals surface area contributed by atoms with E-state index in [1.54, 1.807) is 26.0 Å². The summed E-state index contributed by atoms with van der Waals surface area (Å²) in [4.78, 5) is 116. The van der Waals surface area contributed by atoms with Gasteiger partial charge in [-0.1, -0.05) is 71.0 Å². The molecule has 21 nitrogen and oxygen atoms in total. The van der Waals surface area contributed by atoms with Crippen molar-refractivity contribution in [1.29, 1.82) is 0 Å². The van der Waals surface area contributed by atoms with E-state index in [0.717, 1.165) is 27.9 Å². The molecule has 0 spiro atoms. The number of nitro groups is 1. The lowest BCUT2D eigenvalue weighted by Crippen LogP contribution is -2.60. The number of nitrogens with one attached hydrogen (secondary N) is 5. The van der Waals surface area contributed by atoms with Gasteiger partial charge in [0.05, 0.1) is 17.1 Å². The summed E-state index contributed by atoms with van der Waals surface area (Å²) in [5.41, 5.74) is 0.541. The molecule has 5 rings (SSSR count).